The summed E-state index contributed by atoms with van der Waals surface area (Å²) in [6.07, 6.45) is 1.93. The Morgan fingerprint density at radius 3 is 2.48 bits per heavy atom. The number of hydrogen-bond donors (Lipinski definition) is 2. The zero-order valence-corrected chi connectivity index (χ0v) is 12.4. The molecule has 0 saturated carbocycles. The van der Waals surface area contributed by atoms with Crippen LogP contribution >= 0.6 is 0 Å². The minimum absolute atomic E-state index is 0.107. The van der Waals surface area contributed by atoms with Crippen LogP contribution in [0, 0.1) is 6.92 Å². The summed E-state index contributed by atoms with van der Waals surface area (Å²) in [5.41, 5.74) is 3.63. The van der Waals surface area contributed by atoms with Crippen molar-refractivity contribution in [2.24, 2.45) is 0 Å². The van der Waals surface area contributed by atoms with Gasteiger partial charge in [-0.25, -0.2) is 4.79 Å². The van der Waals surface area contributed by atoms with Crippen molar-refractivity contribution in [1.82, 2.24) is 10.6 Å². The van der Waals surface area contributed by atoms with Crippen molar-refractivity contribution in [3.05, 3.63) is 71.3 Å². The van der Waals surface area contributed by atoms with Gasteiger partial charge in [-0.05, 0) is 30.9 Å². The van der Waals surface area contributed by atoms with Gasteiger partial charge >= 0.3 is 6.03 Å². The first-order valence-electron chi connectivity index (χ1n) is 7.35. The van der Waals surface area contributed by atoms with Gasteiger partial charge in [0.2, 0.25) is 0 Å². The molecule has 0 atom stereocenters. The average molecular weight is 282 g/mol. The number of amides is 2. The largest absolute Gasteiger partial charge is 0.338 e. The molecule has 0 radical (unpaired) electrons. The summed E-state index contributed by atoms with van der Waals surface area (Å²) in [4.78, 5) is 11.7. The highest BCUT2D eigenvalue weighted by atomic mass is 16.2. The van der Waals surface area contributed by atoms with Gasteiger partial charge in [-0.15, -0.1) is 0 Å². The maximum atomic E-state index is 11.7. The van der Waals surface area contributed by atoms with Gasteiger partial charge in [0.25, 0.3) is 0 Å². The number of aryl methyl sites for hydroxylation is 2. The van der Waals surface area contributed by atoms with E-state index < -0.39 is 0 Å². The Morgan fingerprint density at radius 1 is 0.952 bits per heavy atom. The topological polar surface area (TPSA) is 41.1 Å². The molecular weight excluding hydrogens is 260 g/mol. The van der Waals surface area contributed by atoms with Crippen molar-refractivity contribution < 1.29 is 4.79 Å². The molecule has 0 aliphatic carbocycles. The average Bonchev–Trinajstić information content (AvgIpc) is 2.51. The van der Waals surface area contributed by atoms with E-state index in [1.165, 1.54) is 11.1 Å². The van der Waals surface area contributed by atoms with E-state index in [9.17, 15) is 4.79 Å². The van der Waals surface area contributed by atoms with E-state index in [1.54, 1.807) is 0 Å². The van der Waals surface area contributed by atoms with Gasteiger partial charge < -0.3 is 10.6 Å². The summed E-state index contributed by atoms with van der Waals surface area (Å²) >= 11 is 0. The lowest BCUT2D eigenvalue weighted by Gasteiger charge is -2.08. The summed E-state index contributed by atoms with van der Waals surface area (Å²) in [6.45, 7) is 3.30. The molecule has 0 aliphatic heterocycles. The van der Waals surface area contributed by atoms with Gasteiger partial charge in [0.15, 0.2) is 0 Å². The van der Waals surface area contributed by atoms with E-state index in [2.05, 4.69) is 28.8 Å². The summed E-state index contributed by atoms with van der Waals surface area (Å²) in [5, 5.41) is 5.76. The predicted molar refractivity (Wildman–Crippen MR) is 86.2 cm³/mol. The zero-order chi connectivity index (χ0) is 14.9. The van der Waals surface area contributed by atoms with E-state index in [0.29, 0.717) is 13.1 Å². The fourth-order valence-electron chi connectivity index (χ4n) is 2.21. The third kappa shape index (κ3) is 5.69. The Morgan fingerprint density at radius 2 is 1.71 bits per heavy atom. The molecule has 0 saturated heterocycles. The molecule has 2 N–H and O–H groups in total. The quantitative estimate of drug-likeness (QED) is 0.783. The molecule has 2 aromatic carbocycles. The van der Waals surface area contributed by atoms with Crippen molar-refractivity contribution in [1.29, 1.82) is 0 Å². The highest BCUT2D eigenvalue weighted by Crippen LogP contribution is 2.03. The summed E-state index contributed by atoms with van der Waals surface area (Å²) in [6, 6.07) is 18.4. The minimum Gasteiger partial charge on any atom is -0.338 e. The van der Waals surface area contributed by atoms with Crippen molar-refractivity contribution in [3.63, 3.8) is 0 Å². The molecule has 2 rings (SSSR count). The molecule has 2 aromatic rings. The first kappa shape index (κ1) is 15.1. The van der Waals surface area contributed by atoms with Crippen LogP contribution in [-0.4, -0.2) is 12.6 Å². The van der Waals surface area contributed by atoms with Crippen molar-refractivity contribution in [2.45, 2.75) is 26.3 Å². The van der Waals surface area contributed by atoms with Gasteiger partial charge in [0, 0.05) is 13.1 Å². The third-order valence-electron chi connectivity index (χ3n) is 3.31. The first-order chi connectivity index (χ1) is 10.2. The van der Waals surface area contributed by atoms with Gasteiger partial charge in [-0.1, -0.05) is 60.2 Å². The monoisotopic (exact) mass is 282 g/mol. The van der Waals surface area contributed by atoms with E-state index in [1.807, 2.05) is 43.3 Å². The second-order valence-corrected chi connectivity index (χ2v) is 5.19. The number of benzene rings is 2. The fraction of sp³-hybridized carbons (Fsp3) is 0.278. The molecule has 110 valence electrons. The van der Waals surface area contributed by atoms with Crippen LogP contribution in [0.4, 0.5) is 4.79 Å². The fourth-order valence-corrected chi connectivity index (χ4v) is 2.21. The Hall–Kier alpha value is -2.29. The second kappa shape index (κ2) is 8.10. The molecule has 3 heteroatoms. The molecule has 0 heterocycles. The van der Waals surface area contributed by atoms with Crippen molar-refractivity contribution in [3.8, 4) is 0 Å². The number of carbonyl (C=O) groups is 1. The van der Waals surface area contributed by atoms with Gasteiger partial charge in [-0.2, -0.15) is 0 Å². The molecule has 0 bridgehead atoms. The van der Waals surface area contributed by atoms with Crippen molar-refractivity contribution >= 4 is 6.03 Å². The van der Waals surface area contributed by atoms with Crippen LogP contribution in [0.25, 0.3) is 0 Å². The molecule has 0 spiro atoms. The molecule has 0 fully saturated rings. The lowest BCUT2D eigenvalue weighted by Crippen LogP contribution is -2.35. The molecular formula is C18H22N2O. The van der Waals surface area contributed by atoms with E-state index >= 15 is 0 Å². The number of hydrogen-bond acceptors (Lipinski definition) is 1. The van der Waals surface area contributed by atoms with E-state index in [4.69, 9.17) is 0 Å². The molecule has 3 nitrogen and oxygen atoms in total. The normalized spacial score (nSPS) is 10.1. The molecule has 0 unspecified atom stereocenters. The standard InChI is InChI=1S/C18H22N2O/c1-15-7-5-10-17(13-15)14-20-18(21)19-12-6-11-16-8-3-2-4-9-16/h2-5,7-10,13H,6,11-12,14H2,1H3,(H2,19,20,21). The second-order valence-electron chi connectivity index (χ2n) is 5.19. The number of urea groups is 1. The zero-order valence-electron chi connectivity index (χ0n) is 12.4. The summed E-state index contributed by atoms with van der Waals surface area (Å²) in [7, 11) is 0. The van der Waals surface area contributed by atoms with Gasteiger partial charge in [-0.3, -0.25) is 0 Å². The van der Waals surface area contributed by atoms with Crippen LogP contribution < -0.4 is 10.6 Å². The van der Waals surface area contributed by atoms with Crippen LogP contribution in [0.2, 0.25) is 0 Å². The molecule has 0 aromatic heterocycles. The van der Waals surface area contributed by atoms with Gasteiger partial charge in [0.05, 0.1) is 0 Å². The minimum atomic E-state index is -0.107. The maximum absolute atomic E-state index is 11.7. The molecule has 2 amide bonds. The van der Waals surface area contributed by atoms with Crippen LogP contribution in [0.3, 0.4) is 0 Å². The lowest BCUT2D eigenvalue weighted by molar-refractivity contribution is 0.240. The van der Waals surface area contributed by atoms with Crippen LogP contribution in [-0.2, 0) is 13.0 Å². The Bertz CT molecular complexity index is 566. The molecule has 0 aliphatic rings. The van der Waals surface area contributed by atoms with Crippen molar-refractivity contribution in [2.75, 3.05) is 6.54 Å². The first-order valence-corrected chi connectivity index (χ1v) is 7.35. The number of rotatable bonds is 6. The Balaban J connectivity index is 1.62. The maximum Gasteiger partial charge on any atom is 0.315 e. The molecule has 21 heavy (non-hydrogen) atoms. The third-order valence-corrected chi connectivity index (χ3v) is 3.31. The van der Waals surface area contributed by atoms with E-state index in [0.717, 1.165) is 18.4 Å². The Kier molecular flexibility index (Phi) is 5.83. The summed E-state index contributed by atoms with van der Waals surface area (Å²) < 4.78 is 0. The lowest BCUT2D eigenvalue weighted by atomic mass is 10.1. The highest BCUT2D eigenvalue weighted by molar-refractivity contribution is 5.73. The predicted octanol–water partition coefficient (Wildman–Crippen LogP) is 3.43. The Labute approximate surface area is 126 Å². The van der Waals surface area contributed by atoms with Crippen LogP contribution in [0.15, 0.2) is 54.6 Å². The van der Waals surface area contributed by atoms with E-state index in [-0.39, 0.29) is 6.03 Å². The van der Waals surface area contributed by atoms with Crippen LogP contribution in [0.1, 0.15) is 23.1 Å². The highest BCUT2D eigenvalue weighted by Gasteiger charge is 2.00. The summed E-state index contributed by atoms with van der Waals surface area (Å²) in [5.74, 6) is 0. The van der Waals surface area contributed by atoms with Gasteiger partial charge in [0.1, 0.15) is 0 Å². The van der Waals surface area contributed by atoms with Crippen LogP contribution in [0.5, 0.6) is 0 Å². The number of nitrogens with one attached hydrogen (secondary N) is 2. The number of carbonyl (C=O) groups excluding carboxylic acids is 1. The SMILES string of the molecule is Cc1cccc(CNC(=O)NCCCc2ccccc2)c1. The smallest absolute Gasteiger partial charge is 0.315 e.